The lowest BCUT2D eigenvalue weighted by Gasteiger charge is -2.33. The van der Waals surface area contributed by atoms with Crippen LogP contribution in [0.3, 0.4) is 0 Å². The van der Waals surface area contributed by atoms with Gasteiger partial charge in [0, 0.05) is 21.5 Å². The number of rotatable bonds is 3. The number of hydrogen-bond acceptors (Lipinski definition) is 3. The van der Waals surface area contributed by atoms with Crippen LogP contribution in [0.25, 0.3) is 60.6 Å². The van der Waals surface area contributed by atoms with E-state index in [1.165, 1.54) is 5.39 Å². The van der Waals surface area contributed by atoms with Gasteiger partial charge < -0.3 is 8.98 Å². The van der Waals surface area contributed by atoms with Crippen molar-refractivity contribution >= 4 is 61.2 Å². The first kappa shape index (κ1) is 25.1. The SMILES string of the molecule is O=C1N(c2ccc(-c3ccc4c(c3)c3ccccc3n4-c3cccc4c3oc3ccccc34)cc2)C(=O)C23CCC4(CCC12C4)C3. The molecule has 3 saturated carbocycles. The number of imide groups is 1. The van der Waals surface area contributed by atoms with Crippen LogP contribution < -0.4 is 4.90 Å². The normalized spacial score (nSPS) is 26.5. The van der Waals surface area contributed by atoms with E-state index >= 15 is 0 Å². The number of nitrogens with zero attached hydrogens (tertiary/aromatic N) is 2. The van der Waals surface area contributed by atoms with Gasteiger partial charge in [0.15, 0.2) is 5.58 Å². The molecule has 1 saturated heterocycles. The molecular weight excluding hydrogens is 568 g/mol. The van der Waals surface area contributed by atoms with E-state index in [9.17, 15) is 9.59 Å². The molecule has 3 spiro atoms. The molecule has 4 fully saturated rings. The molecular formula is C41H30N2O3. The van der Waals surface area contributed by atoms with Gasteiger partial charge in [-0.05, 0) is 97.5 Å². The Kier molecular flexibility index (Phi) is 4.45. The number of carbonyl (C=O) groups is 2. The third kappa shape index (κ3) is 2.80. The fourth-order valence-corrected chi connectivity index (χ4v) is 10.4. The number of carbonyl (C=O) groups excluding carboxylic acids is 2. The summed E-state index contributed by atoms with van der Waals surface area (Å²) in [5.74, 6) is 0.107. The highest BCUT2D eigenvalue weighted by Crippen LogP contribution is 2.80. The van der Waals surface area contributed by atoms with Gasteiger partial charge in [0.25, 0.3) is 0 Å². The van der Waals surface area contributed by atoms with Crippen LogP contribution in [-0.2, 0) is 9.59 Å². The Morgan fingerprint density at radius 3 is 2.00 bits per heavy atom. The van der Waals surface area contributed by atoms with Crippen LogP contribution in [0, 0.1) is 16.2 Å². The van der Waals surface area contributed by atoms with Crippen molar-refractivity contribution in [1.82, 2.24) is 4.57 Å². The maximum Gasteiger partial charge on any atom is 0.241 e. The highest BCUT2D eigenvalue weighted by Gasteiger charge is 2.81. The second kappa shape index (κ2) is 8.16. The van der Waals surface area contributed by atoms with Crippen LogP contribution in [0.5, 0.6) is 0 Å². The van der Waals surface area contributed by atoms with Crippen molar-refractivity contribution in [3.63, 3.8) is 0 Å². The molecule has 5 aromatic carbocycles. The number of benzene rings is 5. The Hall–Kier alpha value is -5.16. The molecule has 7 aromatic rings. The quantitative estimate of drug-likeness (QED) is 0.190. The van der Waals surface area contributed by atoms with Crippen LogP contribution in [0.1, 0.15) is 38.5 Å². The summed E-state index contributed by atoms with van der Waals surface area (Å²) in [6, 6.07) is 37.8. The summed E-state index contributed by atoms with van der Waals surface area (Å²) >= 11 is 0. The molecule has 2 atom stereocenters. The van der Waals surface area contributed by atoms with Crippen molar-refractivity contribution in [1.29, 1.82) is 0 Å². The summed E-state index contributed by atoms with van der Waals surface area (Å²) < 4.78 is 8.76. The van der Waals surface area contributed by atoms with E-state index < -0.39 is 10.8 Å². The van der Waals surface area contributed by atoms with Crippen molar-refractivity contribution < 1.29 is 14.0 Å². The second-order valence-electron chi connectivity index (χ2n) is 14.3. The Morgan fingerprint density at radius 1 is 0.565 bits per heavy atom. The monoisotopic (exact) mass is 598 g/mol. The third-order valence-electron chi connectivity index (χ3n) is 12.4. The van der Waals surface area contributed by atoms with E-state index in [4.69, 9.17) is 4.42 Å². The molecule has 222 valence electrons. The largest absolute Gasteiger partial charge is 0.454 e. The van der Waals surface area contributed by atoms with E-state index in [1.807, 2.05) is 24.3 Å². The maximum atomic E-state index is 13.9. The van der Waals surface area contributed by atoms with Crippen molar-refractivity contribution in [2.75, 3.05) is 4.90 Å². The van der Waals surface area contributed by atoms with Crippen molar-refractivity contribution in [3.8, 4) is 16.8 Å². The Morgan fingerprint density at radius 2 is 1.22 bits per heavy atom. The standard InChI is InChI=1S/C41H30N2O3/c44-37-40-20-18-39(23-40)19-21-41(40,24-39)38(45)42(37)27-15-12-25(13-16-27)26-14-17-33-31(22-26)28-6-1-3-9-32(28)43(33)34-10-5-8-30-29-7-2-4-11-35(29)46-36(30)34/h1-17,22H,18-21,23-24H2. The predicted molar refractivity (Wildman–Crippen MR) is 181 cm³/mol. The molecule has 2 aromatic heterocycles. The molecule has 3 bridgehead atoms. The molecule has 3 aliphatic carbocycles. The minimum atomic E-state index is -0.451. The molecule has 2 amide bonds. The molecule has 46 heavy (non-hydrogen) atoms. The Bertz CT molecular complexity index is 2460. The van der Waals surface area contributed by atoms with Gasteiger partial charge in [0.1, 0.15) is 5.58 Å². The van der Waals surface area contributed by atoms with Gasteiger partial charge in [0.2, 0.25) is 11.8 Å². The number of anilines is 1. The fourth-order valence-electron chi connectivity index (χ4n) is 10.4. The van der Waals surface area contributed by atoms with Crippen LogP contribution >= 0.6 is 0 Å². The van der Waals surface area contributed by atoms with E-state index in [0.717, 1.165) is 93.7 Å². The number of para-hydroxylation sites is 3. The number of furan rings is 1. The van der Waals surface area contributed by atoms with Gasteiger partial charge in [-0.25, -0.2) is 4.90 Å². The van der Waals surface area contributed by atoms with Crippen LogP contribution in [0.15, 0.2) is 114 Å². The lowest BCUT2D eigenvalue weighted by Crippen LogP contribution is -2.39. The molecule has 5 heteroatoms. The molecule has 2 unspecified atom stereocenters. The number of amides is 2. The smallest absolute Gasteiger partial charge is 0.241 e. The number of aromatic nitrogens is 1. The highest BCUT2D eigenvalue weighted by atomic mass is 16.3. The van der Waals surface area contributed by atoms with Gasteiger partial charge in [0.05, 0.1) is 33.2 Å². The summed E-state index contributed by atoms with van der Waals surface area (Å²) in [5, 5.41) is 4.55. The van der Waals surface area contributed by atoms with E-state index in [1.54, 1.807) is 4.90 Å². The van der Waals surface area contributed by atoms with Crippen molar-refractivity contribution in [2.24, 2.45) is 16.2 Å². The summed E-state index contributed by atoms with van der Waals surface area (Å²) in [6.07, 6.45) is 5.80. The minimum absolute atomic E-state index is 0.0537. The van der Waals surface area contributed by atoms with Crippen LogP contribution in [0.4, 0.5) is 5.69 Å². The molecule has 4 aliphatic rings. The molecule has 0 N–H and O–H groups in total. The average molecular weight is 599 g/mol. The molecule has 5 nitrogen and oxygen atoms in total. The fraction of sp³-hybridized carbons (Fsp3) is 0.220. The summed E-state index contributed by atoms with van der Waals surface area (Å²) in [5.41, 5.74) is 7.21. The maximum absolute atomic E-state index is 13.9. The Balaban J connectivity index is 1.01. The lowest BCUT2D eigenvalue weighted by atomic mass is 9.64. The number of fused-ring (bicyclic) bond motifs is 6. The van der Waals surface area contributed by atoms with Gasteiger partial charge >= 0.3 is 0 Å². The first-order valence-corrected chi connectivity index (χ1v) is 16.4. The molecule has 1 aliphatic heterocycles. The second-order valence-corrected chi connectivity index (χ2v) is 14.3. The van der Waals surface area contributed by atoms with Gasteiger partial charge in [-0.2, -0.15) is 0 Å². The Labute approximate surface area is 265 Å². The van der Waals surface area contributed by atoms with Crippen molar-refractivity contribution in [3.05, 3.63) is 109 Å². The topological polar surface area (TPSA) is 55.5 Å². The molecule has 3 heterocycles. The predicted octanol–water partition coefficient (Wildman–Crippen LogP) is 9.56. The zero-order valence-electron chi connectivity index (χ0n) is 25.3. The molecule has 0 radical (unpaired) electrons. The van der Waals surface area contributed by atoms with Gasteiger partial charge in [-0.3, -0.25) is 9.59 Å². The zero-order chi connectivity index (χ0) is 30.4. The first-order valence-electron chi connectivity index (χ1n) is 16.4. The summed E-state index contributed by atoms with van der Waals surface area (Å²) in [7, 11) is 0. The van der Waals surface area contributed by atoms with E-state index in [0.29, 0.717) is 5.69 Å². The average Bonchev–Trinajstić information content (AvgIpc) is 3.91. The summed E-state index contributed by atoms with van der Waals surface area (Å²) in [4.78, 5) is 29.4. The molecule has 11 rings (SSSR count). The van der Waals surface area contributed by atoms with E-state index in [-0.39, 0.29) is 17.2 Å². The van der Waals surface area contributed by atoms with Crippen molar-refractivity contribution in [2.45, 2.75) is 38.5 Å². The number of hydrogen-bond donors (Lipinski definition) is 0. The third-order valence-corrected chi connectivity index (χ3v) is 12.4. The van der Waals surface area contributed by atoms with Crippen LogP contribution in [-0.4, -0.2) is 16.4 Å². The highest BCUT2D eigenvalue weighted by molar-refractivity contribution is 6.26. The first-order chi connectivity index (χ1) is 22.5. The van der Waals surface area contributed by atoms with Crippen LogP contribution in [0.2, 0.25) is 0 Å². The lowest BCUT2D eigenvalue weighted by molar-refractivity contribution is -0.132. The van der Waals surface area contributed by atoms with E-state index in [2.05, 4.69) is 89.5 Å². The zero-order valence-corrected chi connectivity index (χ0v) is 25.3. The van der Waals surface area contributed by atoms with Gasteiger partial charge in [-0.15, -0.1) is 0 Å². The summed E-state index contributed by atoms with van der Waals surface area (Å²) in [6.45, 7) is 0. The van der Waals surface area contributed by atoms with Gasteiger partial charge in [-0.1, -0.05) is 66.7 Å². The minimum Gasteiger partial charge on any atom is -0.454 e.